The average Bonchev–Trinajstić information content (AvgIpc) is 3.14. The second-order valence-corrected chi connectivity index (χ2v) is 5.61. The first-order valence-electron chi connectivity index (χ1n) is 7.68. The molecule has 1 saturated heterocycles. The highest BCUT2D eigenvalue weighted by molar-refractivity contribution is 5.93. The highest BCUT2D eigenvalue weighted by Crippen LogP contribution is 2.18. The van der Waals surface area contributed by atoms with E-state index in [2.05, 4.69) is 10.3 Å². The molecule has 5 heteroatoms. The summed E-state index contributed by atoms with van der Waals surface area (Å²) < 4.78 is 7.53. The number of para-hydroxylation sites is 1. The van der Waals surface area contributed by atoms with Crippen LogP contribution in [0.25, 0.3) is 5.69 Å². The fraction of sp³-hybridized carbons (Fsp3) is 0.412. The molecule has 0 radical (unpaired) electrons. The molecule has 1 amide bonds. The first kappa shape index (κ1) is 14.8. The van der Waals surface area contributed by atoms with E-state index in [1.54, 1.807) is 0 Å². The normalized spacial score (nSPS) is 17.6. The van der Waals surface area contributed by atoms with Crippen molar-refractivity contribution in [1.82, 2.24) is 14.9 Å². The van der Waals surface area contributed by atoms with Crippen molar-refractivity contribution in [3.05, 3.63) is 47.5 Å². The van der Waals surface area contributed by atoms with Crippen molar-refractivity contribution in [2.45, 2.75) is 32.8 Å². The van der Waals surface area contributed by atoms with Gasteiger partial charge in [0.25, 0.3) is 5.91 Å². The molecule has 0 bridgehead atoms. The minimum atomic E-state index is -0.134. The summed E-state index contributed by atoms with van der Waals surface area (Å²) in [5.41, 5.74) is 2.36. The summed E-state index contributed by atoms with van der Waals surface area (Å²) in [5.74, 6) is 0.678. The average molecular weight is 299 g/mol. The lowest BCUT2D eigenvalue weighted by atomic mass is 10.2. The number of carbonyl (C=O) groups excluding carboxylic acids is 1. The van der Waals surface area contributed by atoms with Crippen LogP contribution in [0.3, 0.4) is 0 Å². The van der Waals surface area contributed by atoms with Gasteiger partial charge in [0.1, 0.15) is 11.5 Å². The molecule has 116 valence electrons. The van der Waals surface area contributed by atoms with Gasteiger partial charge in [-0.25, -0.2) is 4.98 Å². The Morgan fingerprint density at radius 1 is 1.36 bits per heavy atom. The van der Waals surface area contributed by atoms with Crippen molar-refractivity contribution in [3.63, 3.8) is 0 Å². The quantitative estimate of drug-likeness (QED) is 0.943. The maximum atomic E-state index is 12.4. The molecule has 0 saturated carbocycles. The van der Waals surface area contributed by atoms with Gasteiger partial charge in [-0.05, 0) is 38.8 Å². The summed E-state index contributed by atoms with van der Waals surface area (Å²) >= 11 is 0. The Labute approximate surface area is 130 Å². The van der Waals surface area contributed by atoms with Gasteiger partial charge in [0.15, 0.2) is 0 Å². The molecule has 0 spiro atoms. The number of hydrogen-bond acceptors (Lipinski definition) is 3. The molecule has 1 aromatic heterocycles. The van der Waals surface area contributed by atoms with Gasteiger partial charge in [0.05, 0.1) is 11.8 Å². The number of aryl methyl sites for hydroxylation is 1. The number of imidazole rings is 1. The molecule has 22 heavy (non-hydrogen) atoms. The Morgan fingerprint density at radius 3 is 2.82 bits per heavy atom. The standard InChI is InChI=1S/C17H21N3O2/c1-12-16(17(21)18-11-15-9-6-10-22-15)19-13(2)20(12)14-7-4-3-5-8-14/h3-5,7-8,15H,6,9-11H2,1-2H3,(H,18,21). The predicted octanol–water partition coefficient (Wildman–Crippen LogP) is 2.40. The van der Waals surface area contributed by atoms with Crippen LogP contribution in [0.5, 0.6) is 0 Å². The van der Waals surface area contributed by atoms with Gasteiger partial charge in [0, 0.05) is 18.8 Å². The summed E-state index contributed by atoms with van der Waals surface area (Å²) in [5, 5.41) is 2.93. The van der Waals surface area contributed by atoms with Crippen LogP contribution in [-0.2, 0) is 4.74 Å². The Hall–Kier alpha value is -2.14. The topological polar surface area (TPSA) is 56.1 Å². The van der Waals surface area contributed by atoms with E-state index < -0.39 is 0 Å². The van der Waals surface area contributed by atoms with Crippen molar-refractivity contribution in [2.24, 2.45) is 0 Å². The molecule has 1 unspecified atom stereocenters. The zero-order valence-electron chi connectivity index (χ0n) is 13.0. The zero-order chi connectivity index (χ0) is 15.5. The molecule has 2 heterocycles. The van der Waals surface area contributed by atoms with E-state index >= 15 is 0 Å². The molecule has 0 aliphatic carbocycles. The van der Waals surface area contributed by atoms with E-state index in [0.717, 1.165) is 36.7 Å². The van der Waals surface area contributed by atoms with E-state index in [0.29, 0.717) is 12.2 Å². The predicted molar refractivity (Wildman–Crippen MR) is 84.3 cm³/mol. The lowest BCUT2D eigenvalue weighted by Gasteiger charge is -2.10. The summed E-state index contributed by atoms with van der Waals surface area (Å²) in [6, 6.07) is 9.95. The number of hydrogen-bond donors (Lipinski definition) is 1. The first-order chi connectivity index (χ1) is 10.7. The van der Waals surface area contributed by atoms with Crippen molar-refractivity contribution < 1.29 is 9.53 Å². The maximum Gasteiger partial charge on any atom is 0.271 e. The highest BCUT2D eigenvalue weighted by Gasteiger charge is 2.21. The minimum Gasteiger partial charge on any atom is -0.376 e. The third-order valence-electron chi connectivity index (χ3n) is 4.02. The van der Waals surface area contributed by atoms with E-state index in [9.17, 15) is 4.79 Å². The largest absolute Gasteiger partial charge is 0.376 e. The lowest BCUT2D eigenvalue weighted by Crippen LogP contribution is -2.32. The zero-order valence-corrected chi connectivity index (χ0v) is 13.0. The Balaban J connectivity index is 1.78. The van der Waals surface area contributed by atoms with Crippen LogP contribution in [0.2, 0.25) is 0 Å². The number of rotatable bonds is 4. The monoisotopic (exact) mass is 299 g/mol. The van der Waals surface area contributed by atoms with Gasteiger partial charge in [-0.15, -0.1) is 0 Å². The van der Waals surface area contributed by atoms with E-state index in [1.807, 2.05) is 48.7 Å². The number of nitrogens with one attached hydrogen (secondary N) is 1. The number of aromatic nitrogens is 2. The minimum absolute atomic E-state index is 0.134. The molecular formula is C17H21N3O2. The summed E-state index contributed by atoms with van der Waals surface area (Å²) in [4.78, 5) is 16.8. The Kier molecular flexibility index (Phi) is 4.24. The van der Waals surface area contributed by atoms with Crippen molar-refractivity contribution in [3.8, 4) is 5.69 Å². The van der Waals surface area contributed by atoms with Crippen LogP contribution in [0.15, 0.2) is 30.3 Å². The van der Waals surface area contributed by atoms with Gasteiger partial charge >= 0.3 is 0 Å². The van der Waals surface area contributed by atoms with Gasteiger partial charge < -0.3 is 14.6 Å². The smallest absolute Gasteiger partial charge is 0.271 e. The molecule has 5 nitrogen and oxygen atoms in total. The number of amides is 1. The number of nitrogens with zero attached hydrogens (tertiary/aromatic N) is 2. The first-order valence-corrected chi connectivity index (χ1v) is 7.68. The molecule has 1 atom stereocenters. The molecule has 1 aliphatic rings. The third kappa shape index (κ3) is 2.90. The molecule has 2 aromatic rings. The maximum absolute atomic E-state index is 12.4. The fourth-order valence-electron chi connectivity index (χ4n) is 2.91. The summed E-state index contributed by atoms with van der Waals surface area (Å²) in [6.45, 7) is 5.18. The van der Waals surface area contributed by atoms with Gasteiger partial charge in [-0.3, -0.25) is 4.79 Å². The molecule has 1 fully saturated rings. The van der Waals surface area contributed by atoms with Crippen molar-refractivity contribution in [1.29, 1.82) is 0 Å². The molecule has 3 rings (SSSR count). The second kappa shape index (κ2) is 6.32. The fourth-order valence-corrected chi connectivity index (χ4v) is 2.91. The number of carbonyl (C=O) groups is 1. The van der Waals surface area contributed by atoms with Crippen LogP contribution in [-0.4, -0.2) is 34.7 Å². The molecular weight excluding hydrogens is 278 g/mol. The molecule has 1 N–H and O–H groups in total. The van der Waals surface area contributed by atoms with Crippen LogP contribution in [0.1, 0.15) is 34.8 Å². The summed E-state index contributed by atoms with van der Waals surface area (Å²) in [6.07, 6.45) is 2.22. The van der Waals surface area contributed by atoms with Crippen molar-refractivity contribution >= 4 is 5.91 Å². The van der Waals surface area contributed by atoms with Gasteiger partial charge in [0.2, 0.25) is 0 Å². The van der Waals surface area contributed by atoms with Crippen LogP contribution < -0.4 is 5.32 Å². The second-order valence-electron chi connectivity index (χ2n) is 5.61. The molecule has 1 aliphatic heterocycles. The van der Waals surface area contributed by atoms with Gasteiger partial charge in [-0.2, -0.15) is 0 Å². The third-order valence-corrected chi connectivity index (χ3v) is 4.02. The van der Waals surface area contributed by atoms with Crippen LogP contribution >= 0.6 is 0 Å². The highest BCUT2D eigenvalue weighted by atomic mass is 16.5. The van der Waals surface area contributed by atoms with Crippen LogP contribution in [0, 0.1) is 13.8 Å². The lowest BCUT2D eigenvalue weighted by molar-refractivity contribution is 0.0853. The number of benzene rings is 1. The van der Waals surface area contributed by atoms with Crippen LogP contribution in [0.4, 0.5) is 0 Å². The van der Waals surface area contributed by atoms with E-state index in [4.69, 9.17) is 4.74 Å². The molecule has 1 aromatic carbocycles. The van der Waals surface area contributed by atoms with Gasteiger partial charge in [-0.1, -0.05) is 18.2 Å². The van der Waals surface area contributed by atoms with Crippen molar-refractivity contribution in [2.75, 3.05) is 13.2 Å². The Bertz CT molecular complexity index is 658. The Morgan fingerprint density at radius 2 is 2.14 bits per heavy atom. The summed E-state index contributed by atoms with van der Waals surface area (Å²) in [7, 11) is 0. The van der Waals surface area contributed by atoms with E-state index in [-0.39, 0.29) is 12.0 Å². The number of ether oxygens (including phenoxy) is 1. The SMILES string of the molecule is Cc1nc(C(=O)NCC2CCCO2)c(C)n1-c1ccccc1. The van der Waals surface area contributed by atoms with E-state index in [1.165, 1.54) is 0 Å².